The Morgan fingerprint density at radius 3 is 3.07 bits per heavy atom. The first-order valence-electron chi connectivity index (χ1n) is 5.32. The maximum Gasteiger partial charge on any atom is 0.150 e. The fourth-order valence-electron chi connectivity index (χ4n) is 1.95. The van der Waals surface area contributed by atoms with Gasteiger partial charge >= 0.3 is 0 Å². The zero-order chi connectivity index (χ0) is 10.8. The van der Waals surface area contributed by atoms with Gasteiger partial charge in [-0.05, 0) is 6.92 Å². The van der Waals surface area contributed by atoms with Crippen molar-refractivity contribution in [2.45, 2.75) is 26.8 Å². The Bertz CT molecular complexity index is 359. The molecule has 4 nitrogen and oxygen atoms in total. The second kappa shape index (κ2) is 4.14. The Hall–Kier alpha value is -1.16. The van der Waals surface area contributed by atoms with Crippen molar-refractivity contribution in [3.63, 3.8) is 0 Å². The normalized spacial score (nSPS) is 23.3. The van der Waals surface area contributed by atoms with Crippen LogP contribution in [-0.4, -0.2) is 28.9 Å². The lowest BCUT2D eigenvalue weighted by Crippen LogP contribution is -2.38. The molecule has 0 N–H and O–H groups in total. The van der Waals surface area contributed by atoms with Gasteiger partial charge in [-0.15, -0.1) is 0 Å². The van der Waals surface area contributed by atoms with Crippen molar-refractivity contribution >= 4 is 5.78 Å². The van der Waals surface area contributed by atoms with Crippen molar-refractivity contribution in [1.29, 1.82) is 0 Å². The zero-order valence-electron chi connectivity index (χ0n) is 9.19. The Kier molecular flexibility index (Phi) is 2.86. The summed E-state index contributed by atoms with van der Waals surface area (Å²) in [5, 5.41) is 3.85. The van der Waals surface area contributed by atoms with E-state index >= 15 is 0 Å². The molecule has 1 aromatic heterocycles. The molecule has 2 heterocycles. The monoisotopic (exact) mass is 208 g/mol. The fourth-order valence-corrected chi connectivity index (χ4v) is 1.95. The molecule has 15 heavy (non-hydrogen) atoms. The predicted molar refractivity (Wildman–Crippen MR) is 55.3 cm³/mol. The molecule has 4 heteroatoms. The number of likely N-dealkylation sites (tertiary alicyclic amines) is 1. The molecule has 1 saturated heterocycles. The van der Waals surface area contributed by atoms with E-state index in [2.05, 4.69) is 10.1 Å². The first kappa shape index (κ1) is 10.4. The van der Waals surface area contributed by atoms with Crippen LogP contribution in [0.2, 0.25) is 0 Å². The summed E-state index contributed by atoms with van der Waals surface area (Å²) < 4.78 is 5.15. The first-order chi connectivity index (χ1) is 7.15. The molecule has 0 radical (unpaired) electrons. The van der Waals surface area contributed by atoms with Crippen molar-refractivity contribution in [3.05, 3.63) is 17.5 Å². The highest BCUT2D eigenvalue weighted by molar-refractivity contribution is 5.81. The van der Waals surface area contributed by atoms with Crippen LogP contribution >= 0.6 is 0 Å². The third-order valence-electron chi connectivity index (χ3n) is 2.81. The highest BCUT2D eigenvalue weighted by Gasteiger charge is 2.23. The van der Waals surface area contributed by atoms with Crippen LogP contribution in [-0.2, 0) is 11.3 Å². The third kappa shape index (κ3) is 2.45. The van der Waals surface area contributed by atoms with Gasteiger partial charge < -0.3 is 4.52 Å². The standard InChI is InChI=1S/C11H16N2O2/c1-8-6-13(4-3-11(8)14)7-10-5-9(2)12-15-10/h5,8H,3-4,6-7H2,1-2H3. The molecule has 0 saturated carbocycles. The van der Waals surface area contributed by atoms with E-state index in [1.54, 1.807) is 0 Å². The van der Waals surface area contributed by atoms with Crippen molar-refractivity contribution < 1.29 is 9.32 Å². The lowest BCUT2D eigenvalue weighted by atomic mass is 9.98. The molecule has 0 aromatic carbocycles. The number of nitrogens with zero attached hydrogens (tertiary/aromatic N) is 2. The molecule has 1 aliphatic heterocycles. The maximum atomic E-state index is 11.3. The van der Waals surface area contributed by atoms with Crippen LogP contribution in [0.3, 0.4) is 0 Å². The van der Waals surface area contributed by atoms with E-state index in [1.807, 2.05) is 19.9 Å². The summed E-state index contributed by atoms with van der Waals surface area (Å²) in [5.74, 6) is 1.41. The molecule has 1 unspecified atom stereocenters. The number of aryl methyl sites for hydroxylation is 1. The van der Waals surface area contributed by atoms with Crippen LogP contribution in [0.25, 0.3) is 0 Å². The van der Waals surface area contributed by atoms with E-state index in [1.165, 1.54) is 0 Å². The number of hydrogen-bond acceptors (Lipinski definition) is 4. The van der Waals surface area contributed by atoms with Crippen molar-refractivity contribution in [2.24, 2.45) is 5.92 Å². The number of ketones is 1. The lowest BCUT2D eigenvalue weighted by Gasteiger charge is -2.28. The molecule has 0 bridgehead atoms. The number of carbonyl (C=O) groups excluding carboxylic acids is 1. The van der Waals surface area contributed by atoms with Crippen LogP contribution in [0.1, 0.15) is 24.8 Å². The van der Waals surface area contributed by atoms with Crippen LogP contribution < -0.4 is 0 Å². The van der Waals surface area contributed by atoms with Crippen LogP contribution in [0.4, 0.5) is 0 Å². The Balaban J connectivity index is 1.93. The fraction of sp³-hybridized carbons (Fsp3) is 0.636. The third-order valence-corrected chi connectivity index (χ3v) is 2.81. The molecular weight excluding hydrogens is 192 g/mol. The molecule has 0 amide bonds. The first-order valence-corrected chi connectivity index (χ1v) is 5.32. The van der Waals surface area contributed by atoms with Gasteiger partial charge in [0.15, 0.2) is 5.76 Å². The summed E-state index contributed by atoms with van der Waals surface area (Å²) in [6.07, 6.45) is 0.661. The van der Waals surface area contributed by atoms with Crippen molar-refractivity contribution in [3.8, 4) is 0 Å². The summed E-state index contributed by atoms with van der Waals surface area (Å²) in [5.41, 5.74) is 0.908. The largest absolute Gasteiger partial charge is 0.360 e. The van der Waals surface area contributed by atoms with Crippen LogP contribution in [0.15, 0.2) is 10.6 Å². The average molecular weight is 208 g/mol. The quantitative estimate of drug-likeness (QED) is 0.737. The number of hydrogen-bond donors (Lipinski definition) is 0. The highest BCUT2D eigenvalue weighted by atomic mass is 16.5. The topological polar surface area (TPSA) is 46.3 Å². The smallest absolute Gasteiger partial charge is 0.150 e. The van der Waals surface area contributed by atoms with Gasteiger partial charge in [-0.3, -0.25) is 9.69 Å². The number of Topliss-reactive ketones (excluding diaryl/α,β-unsaturated/α-hetero) is 1. The zero-order valence-corrected chi connectivity index (χ0v) is 9.19. The maximum absolute atomic E-state index is 11.3. The molecule has 1 aromatic rings. The molecule has 82 valence electrons. The Labute approximate surface area is 89.2 Å². The number of aromatic nitrogens is 1. The predicted octanol–water partition coefficient (Wildman–Crippen LogP) is 1.39. The summed E-state index contributed by atoms with van der Waals surface area (Å²) in [6, 6.07) is 1.95. The molecule has 0 aliphatic carbocycles. The summed E-state index contributed by atoms with van der Waals surface area (Å²) in [7, 11) is 0. The van der Waals surface area contributed by atoms with E-state index < -0.39 is 0 Å². The minimum absolute atomic E-state index is 0.155. The van der Waals surface area contributed by atoms with Gasteiger partial charge in [-0.1, -0.05) is 12.1 Å². The van der Waals surface area contributed by atoms with Crippen molar-refractivity contribution in [1.82, 2.24) is 10.1 Å². The van der Waals surface area contributed by atoms with Gasteiger partial charge in [-0.2, -0.15) is 0 Å². The Morgan fingerprint density at radius 1 is 1.67 bits per heavy atom. The van der Waals surface area contributed by atoms with E-state index in [0.29, 0.717) is 12.2 Å². The van der Waals surface area contributed by atoms with Gasteiger partial charge in [-0.25, -0.2) is 0 Å². The van der Waals surface area contributed by atoms with Gasteiger partial charge in [0.25, 0.3) is 0 Å². The van der Waals surface area contributed by atoms with Gasteiger partial charge in [0.1, 0.15) is 5.78 Å². The number of carbonyl (C=O) groups is 1. The summed E-state index contributed by atoms with van der Waals surface area (Å²) in [4.78, 5) is 13.6. The Morgan fingerprint density at radius 2 is 2.47 bits per heavy atom. The van der Waals surface area contributed by atoms with Crippen molar-refractivity contribution in [2.75, 3.05) is 13.1 Å². The average Bonchev–Trinajstić information content (AvgIpc) is 2.58. The number of rotatable bonds is 2. The molecule has 0 spiro atoms. The van der Waals surface area contributed by atoms with Gasteiger partial charge in [0.05, 0.1) is 12.2 Å². The lowest BCUT2D eigenvalue weighted by molar-refractivity contribution is -0.125. The van der Waals surface area contributed by atoms with Gasteiger partial charge in [0.2, 0.25) is 0 Å². The van der Waals surface area contributed by atoms with Gasteiger partial charge in [0, 0.05) is 31.5 Å². The molecule has 2 rings (SSSR count). The highest BCUT2D eigenvalue weighted by Crippen LogP contribution is 2.15. The SMILES string of the molecule is Cc1cc(CN2CCC(=O)C(C)C2)on1. The molecule has 1 aliphatic rings. The molecular formula is C11H16N2O2. The van der Waals surface area contributed by atoms with E-state index in [9.17, 15) is 4.79 Å². The summed E-state index contributed by atoms with van der Waals surface area (Å²) >= 11 is 0. The summed E-state index contributed by atoms with van der Waals surface area (Å²) in [6.45, 7) is 6.33. The minimum atomic E-state index is 0.155. The minimum Gasteiger partial charge on any atom is -0.360 e. The molecule has 1 atom stereocenters. The van der Waals surface area contributed by atoms with E-state index in [0.717, 1.165) is 31.1 Å². The van der Waals surface area contributed by atoms with Crippen LogP contribution in [0.5, 0.6) is 0 Å². The molecule has 1 fully saturated rings. The van der Waals surface area contributed by atoms with Crippen LogP contribution in [0, 0.1) is 12.8 Å². The second-order valence-electron chi connectivity index (χ2n) is 4.29. The second-order valence-corrected chi connectivity index (χ2v) is 4.29. The van der Waals surface area contributed by atoms with E-state index in [-0.39, 0.29) is 5.92 Å². The van der Waals surface area contributed by atoms with E-state index in [4.69, 9.17) is 4.52 Å². The number of piperidine rings is 1.